The topological polar surface area (TPSA) is 109 Å². The molecule has 4 N–H and O–H groups in total. The first-order valence-corrected chi connectivity index (χ1v) is 10.8. The molecule has 0 radical (unpaired) electrons. The van der Waals surface area contributed by atoms with Crippen molar-refractivity contribution in [3.63, 3.8) is 0 Å². The second-order valence-electron chi connectivity index (χ2n) is 6.81. The van der Waals surface area contributed by atoms with Crippen LogP contribution >= 0.6 is 11.3 Å². The summed E-state index contributed by atoms with van der Waals surface area (Å²) >= 11 is 1.29. The van der Waals surface area contributed by atoms with E-state index in [-0.39, 0.29) is 18.9 Å². The molecule has 3 aromatic rings. The number of hydrazine groups is 1. The number of benzene rings is 2. The van der Waals surface area contributed by atoms with Crippen molar-refractivity contribution in [2.24, 2.45) is 0 Å². The van der Waals surface area contributed by atoms with Crippen LogP contribution in [0.1, 0.15) is 15.2 Å². The van der Waals surface area contributed by atoms with E-state index in [2.05, 4.69) is 21.5 Å². The Morgan fingerprint density at radius 1 is 0.938 bits per heavy atom. The standard InChI is InChI=1S/C23H24N4O4S/c1-31-18-11-9-17(10-12-18)24-15-21(28)26-27-22(29)19(14-16-6-3-2-4-7-16)25-23(30)20-8-5-13-32-20/h2-13,19,24H,14-15H2,1H3,(H,25,30)(H,26,28)(H,27,29)/t19-/m1/s1. The maximum Gasteiger partial charge on any atom is 0.262 e. The highest BCUT2D eigenvalue weighted by atomic mass is 32.1. The molecule has 3 amide bonds. The van der Waals surface area contributed by atoms with E-state index >= 15 is 0 Å². The summed E-state index contributed by atoms with van der Waals surface area (Å²) in [5.41, 5.74) is 6.39. The predicted molar refractivity (Wildman–Crippen MR) is 123 cm³/mol. The molecule has 1 aromatic heterocycles. The third kappa shape index (κ3) is 6.85. The SMILES string of the molecule is COc1ccc(NCC(=O)NNC(=O)[C@@H](Cc2ccccc2)NC(=O)c2cccs2)cc1. The molecule has 9 heteroatoms. The molecule has 0 spiro atoms. The number of rotatable bonds is 9. The average molecular weight is 453 g/mol. The van der Waals surface area contributed by atoms with Crippen molar-refractivity contribution in [1.82, 2.24) is 16.2 Å². The fraction of sp³-hybridized carbons (Fsp3) is 0.174. The maximum atomic E-state index is 12.7. The number of thiophene rings is 1. The number of carbonyl (C=O) groups is 3. The summed E-state index contributed by atoms with van der Waals surface area (Å²) in [5, 5.41) is 7.48. The van der Waals surface area contributed by atoms with E-state index in [1.807, 2.05) is 30.3 Å². The van der Waals surface area contributed by atoms with Crippen molar-refractivity contribution < 1.29 is 19.1 Å². The Morgan fingerprint density at radius 3 is 2.34 bits per heavy atom. The minimum Gasteiger partial charge on any atom is -0.497 e. The minimum atomic E-state index is -0.859. The second kappa shape index (κ2) is 11.5. The average Bonchev–Trinajstić information content (AvgIpc) is 3.37. The highest BCUT2D eigenvalue weighted by Crippen LogP contribution is 2.14. The molecule has 0 saturated heterocycles. The number of hydrogen-bond donors (Lipinski definition) is 4. The summed E-state index contributed by atoms with van der Waals surface area (Å²) in [6.07, 6.45) is 0.282. The number of carbonyl (C=O) groups excluding carboxylic acids is 3. The third-order valence-electron chi connectivity index (χ3n) is 4.52. The van der Waals surface area contributed by atoms with Crippen LogP contribution in [0, 0.1) is 0 Å². The van der Waals surface area contributed by atoms with Crippen LogP contribution in [0.3, 0.4) is 0 Å². The fourth-order valence-electron chi connectivity index (χ4n) is 2.85. The number of anilines is 1. The van der Waals surface area contributed by atoms with Crippen molar-refractivity contribution in [3.8, 4) is 5.75 Å². The molecular formula is C23H24N4O4S. The summed E-state index contributed by atoms with van der Waals surface area (Å²) < 4.78 is 5.09. The Hall–Kier alpha value is -3.85. The Morgan fingerprint density at radius 2 is 1.69 bits per heavy atom. The van der Waals surface area contributed by atoms with Crippen molar-refractivity contribution in [2.75, 3.05) is 19.0 Å². The minimum absolute atomic E-state index is 0.0441. The zero-order chi connectivity index (χ0) is 22.8. The van der Waals surface area contributed by atoms with Gasteiger partial charge >= 0.3 is 0 Å². The van der Waals surface area contributed by atoms with Gasteiger partial charge in [0.2, 0.25) is 0 Å². The first kappa shape index (κ1) is 22.8. The predicted octanol–water partition coefficient (Wildman–Crippen LogP) is 2.36. The van der Waals surface area contributed by atoms with Gasteiger partial charge in [0.1, 0.15) is 11.8 Å². The smallest absolute Gasteiger partial charge is 0.262 e. The van der Waals surface area contributed by atoms with Gasteiger partial charge in [0.25, 0.3) is 17.7 Å². The summed E-state index contributed by atoms with van der Waals surface area (Å²) in [6.45, 7) is -0.0441. The number of hydrogen-bond acceptors (Lipinski definition) is 6. The van der Waals surface area contributed by atoms with Crippen LogP contribution in [-0.4, -0.2) is 37.4 Å². The first-order valence-electron chi connectivity index (χ1n) is 9.90. The lowest BCUT2D eigenvalue weighted by atomic mass is 10.1. The Bertz CT molecular complexity index is 1020. The van der Waals surface area contributed by atoms with E-state index in [1.54, 1.807) is 48.9 Å². The van der Waals surface area contributed by atoms with Gasteiger partial charge in [-0.05, 0) is 41.3 Å². The van der Waals surface area contributed by atoms with Crippen LogP contribution in [0.25, 0.3) is 0 Å². The van der Waals surface area contributed by atoms with E-state index in [0.29, 0.717) is 10.6 Å². The van der Waals surface area contributed by atoms with Gasteiger partial charge in [-0.3, -0.25) is 25.2 Å². The molecule has 0 aliphatic rings. The van der Waals surface area contributed by atoms with Gasteiger partial charge in [-0.1, -0.05) is 36.4 Å². The van der Waals surface area contributed by atoms with Crippen molar-refractivity contribution >= 4 is 34.7 Å². The molecule has 0 aliphatic heterocycles. The monoisotopic (exact) mass is 452 g/mol. The van der Waals surface area contributed by atoms with Crippen LogP contribution in [0.15, 0.2) is 72.1 Å². The Balaban J connectivity index is 1.54. The lowest BCUT2D eigenvalue weighted by Crippen LogP contribution is -2.53. The highest BCUT2D eigenvalue weighted by Gasteiger charge is 2.22. The molecule has 8 nitrogen and oxygen atoms in total. The largest absolute Gasteiger partial charge is 0.497 e. The molecular weight excluding hydrogens is 428 g/mol. The molecule has 32 heavy (non-hydrogen) atoms. The number of methoxy groups -OCH3 is 1. The molecule has 0 bridgehead atoms. The molecule has 1 atom stereocenters. The van der Waals surface area contributed by atoms with Gasteiger partial charge in [-0.2, -0.15) is 0 Å². The van der Waals surface area contributed by atoms with Crippen molar-refractivity contribution in [2.45, 2.75) is 12.5 Å². The van der Waals surface area contributed by atoms with Gasteiger partial charge in [0.15, 0.2) is 0 Å². The second-order valence-corrected chi connectivity index (χ2v) is 7.76. The van der Waals surface area contributed by atoms with E-state index in [9.17, 15) is 14.4 Å². The lowest BCUT2D eigenvalue weighted by molar-refractivity contribution is -0.129. The first-order chi connectivity index (χ1) is 15.5. The van der Waals surface area contributed by atoms with E-state index in [0.717, 1.165) is 11.3 Å². The van der Waals surface area contributed by atoms with Crippen LogP contribution in [0.4, 0.5) is 5.69 Å². The van der Waals surface area contributed by atoms with Gasteiger partial charge in [0, 0.05) is 12.1 Å². The summed E-state index contributed by atoms with van der Waals surface area (Å²) in [5.74, 6) is -0.585. The Labute approximate surface area is 190 Å². The number of ether oxygens (including phenoxy) is 1. The number of amides is 3. The maximum absolute atomic E-state index is 12.7. The van der Waals surface area contributed by atoms with Gasteiger partial charge in [-0.15, -0.1) is 11.3 Å². The zero-order valence-corrected chi connectivity index (χ0v) is 18.3. The molecule has 2 aromatic carbocycles. The number of nitrogens with one attached hydrogen (secondary N) is 4. The molecule has 1 heterocycles. The molecule has 0 saturated carbocycles. The third-order valence-corrected chi connectivity index (χ3v) is 5.39. The van der Waals surface area contributed by atoms with Gasteiger partial charge < -0.3 is 15.4 Å². The van der Waals surface area contributed by atoms with Crippen LogP contribution in [0.2, 0.25) is 0 Å². The zero-order valence-electron chi connectivity index (χ0n) is 17.5. The van der Waals surface area contributed by atoms with Gasteiger partial charge in [0.05, 0.1) is 18.5 Å². The van der Waals surface area contributed by atoms with E-state index in [4.69, 9.17) is 4.74 Å². The molecule has 0 fully saturated rings. The van der Waals surface area contributed by atoms with Gasteiger partial charge in [-0.25, -0.2) is 0 Å². The molecule has 0 unspecified atom stereocenters. The van der Waals surface area contributed by atoms with Crippen molar-refractivity contribution in [3.05, 3.63) is 82.6 Å². The quantitative estimate of drug-likeness (QED) is 0.373. The van der Waals surface area contributed by atoms with Crippen LogP contribution in [-0.2, 0) is 16.0 Å². The highest BCUT2D eigenvalue weighted by molar-refractivity contribution is 7.12. The summed E-state index contributed by atoms with van der Waals surface area (Å²) in [6, 6.07) is 19.0. The van der Waals surface area contributed by atoms with Crippen LogP contribution in [0.5, 0.6) is 5.75 Å². The molecule has 3 rings (SSSR count). The molecule has 166 valence electrons. The van der Waals surface area contributed by atoms with Crippen LogP contribution < -0.4 is 26.2 Å². The van der Waals surface area contributed by atoms with E-state index in [1.165, 1.54) is 11.3 Å². The normalized spacial score (nSPS) is 11.2. The summed E-state index contributed by atoms with van der Waals surface area (Å²) in [4.78, 5) is 37.8. The van der Waals surface area contributed by atoms with E-state index < -0.39 is 17.9 Å². The Kier molecular flexibility index (Phi) is 8.22. The molecule has 0 aliphatic carbocycles. The summed E-state index contributed by atoms with van der Waals surface area (Å²) in [7, 11) is 1.58. The lowest BCUT2D eigenvalue weighted by Gasteiger charge is -2.19. The fourth-order valence-corrected chi connectivity index (χ4v) is 3.48. The van der Waals surface area contributed by atoms with Crippen molar-refractivity contribution in [1.29, 1.82) is 0 Å².